The van der Waals surface area contributed by atoms with E-state index in [9.17, 15) is 13.2 Å². The zero-order chi connectivity index (χ0) is 24.4. The average molecular weight is 488 g/mol. The van der Waals surface area contributed by atoms with Gasteiger partial charge in [0.2, 0.25) is 10.0 Å². The molecular weight excluding hydrogens is 462 g/mol. The van der Waals surface area contributed by atoms with Crippen LogP contribution < -0.4 is 5.32 Å². The summed E-state index contributed by atoms with van der Waals surface area (Å²) in [5.74, 6) is -0.329. The summed E-state index contributed by atoms with van der Waals surface area (Å²) in [5, 5.41) is 3.66. The van der Waals surface area contributed by atoms with Crippen LogP contribution in [0.2, 0.25) is 0 Å². The van der Waals surface area contributed by atoms with Gasteiger partial charge in [-0.15, -0.1) is 0 Å². The number of anilines is 1. The minimum Gasteiger partial charge on any atom is -0.379 e. The summed E-state index contributed by atoms with van der Waals surface area (Å²) in [5.41, 5.74) is 3.99. The zero-order valence-electron chi connectivity index (χ0n) is 19.3. The Hall–Kier alpha value is -3.59. The number of carbonyl (C=O) groups is 1. The van der Waals surface area contributed by atoms with Crippen molar-refractivity contribution in [3.05, 3.63) is 90.0 Å². The molecule has 0 spiro atoms. The molecule has 0 saturated carbocycles. The number of aryl methyl sites for hydroxylation is 1. The van der Waals surface area contributed by atoms with Crippen molar-refractivity contribution in [1.82, 2.24) is 9.29 Å². The number of fused-ring (bicyclic) bond motifs is 1. The molecule has 1 N–H and O–H groups in total. The number of hydrogen-bond acceptors (Lipinski definition) is 5. The highest BCUT2D eigenvalue weighted by molar-refractivity contribution is 7.89. The lowest BCUT2D eigenvalue weighted by atomic mass is 10.0. The maximum absolute atomic E-state index is 13.5. The fourth-order valence-corrected chi connectivity index (χ4v) is 5.58. The number of rotatable bonds is 5. The molecule has 1 aliphatic heterocycles. The van der Waals surface area contributed by atoms with Crippen LogP contribution in [0.4, 0.5) is 5.69 Å². The number of morpholine rings is 1. The second kappa shape index (κ2) is 9.58. The van der Waals surface area contributed by atoms with Crippen molar-refractivity contribution >= 4 is 32.5 Å². The van der Waals surface area contributed by atoms with E-state index in [1.807, 2.05) is 61.5 Å². The fourth-order valence-electron chi connectivity index (χ4n) is 4.14. The minimum absolute atomic E-state index is 0.143. The first kappa shape index (κ1) is 23.2. The molecule has 0 bridgehead atoms. The van der Waals surface area contributed by atoms with Gasteiger partial charge in [0.05, 0.1) is 34.9 Å². The summed E-state index contributed by atoms with van der Waals surface area (Å²) in [6, 6.07) is 23.7. The maximum Gasteiger partial charge on any atom is 0.256 e. The van der Waals surface area contributed by atoms with Crippen LogP contribution in [0.15, 0.2) is 83.8 Å². The summed E-state index contributed by atoms with van der Waals surface area (Å²) >= 11 is 0. The molecule has 1 fully saturated rings. The van der Waals surface area contributed by atoms with Crippen LogP contribution in [-0.4, -0.2) is 49.9 Å². The first-order valence-electron chi connectivity index (χ1n) is 11.4. The lowest BCUT2D eigenvalue weighted by Gasteiger charge is -2.26. The van der Waals surface area contributed by atoms with Gasteiger partial charge in [0.1, 0.15) is 0 Å². The first-order chi connectivity index (χ1) is 16.9. The zero-order valence-corrected chi connectivity index (χ0v) is 20.1. The molecule has 35 heavy (non-hydrogen) atoms. The van der Waals surface area contributed by atoms with Crippen molar-refractivity contribution in [3.63, 3.8) is 0 Å². The van der Waals surface area contributed by atoms with Gasteiger partial charge in [0, 0.05) is 29.7 Å². The van der Waals surface area contributed by atoms with E-state index in [1.165, 1.54) is 10.4 Å². The molecule has 1 aliphatic rings. The molecule has 5 rings (SSSR count). The number of hydrogen-bond donors (Lipinski definition) is 1. The van der Waals surface area contributed by atoms with E-state index in [0.717, 1.165) is 16.5 Å². The van der Waals surface area contributed by atoms with Gasteiger partial charge in [-0.05, 0) is 36.8 Å². The predicted molar refractivity (Wildman–Crippen MR) is 136 cm³/mol. The molecule has 7 nitrogen and oxygen atoms in total. The van der Waals surface area contributed by atoms with Crippen molar-refractivity contribution < 1.29 is 17.9 Å². The predicted octanol–water partition coefficient (Wildman–Crippen LogP) is 4.48. The second-order valence-electron chi connectivity index (χ2n) is 8.39. The van der Waals surface area contributed by atoms with Gasteiger partial charge < -0.3 is 10.1 Å². The average Bonchev–Trinajstić information content (AvgIpc) is 2.90. The smallest absolute Gasteiger partial charge is 0.256 e. The Kier molecular flexibility index (Phi) is 6.34. The van der Waals surface area contributed by atoms with Crippen LogP contribution in [0.3, 0.4) is 0 Å². The molecule has 0 atom stereocenters. The molecular formula is C27H25N3O4S. The van der Waals surface area contributed by atoms with Gasteiger partial charge in [-0.2, -0.15) is 4.31 Å². The van der Waals surface area contributed by atoms with Crippen molar-refractivity contribution in [2.45, 2.75) is 11.8 Å². The number of amides is 1. The number of nitrogens with one attached hydrogen (secondary N) is 1. The Labute approximate surface area is 204 Å². The SMILES string of the molecule is Cc1ccc(S(=O)(=O)N2CCOCC2)cc1NC(=O)c1cc(-c2ccccc2)nc2ccccc12. The molecule has 178 valence electrons. The molecule has 2 heterocycles. The van der Waals surface area contributed by atoms with Crippen molar-refractivity contribution in [2.75, 3.05) is 31.6 Å². The number of aromatic nitrogens is 1. The molecule has 8 heteroatoms. The van der Waals surface area contributed by atoms with E-state index in [4.69, 9.17) is 9.72 Å². The number of benzene rings is 3. The van der Waals surface area contributed by atoms with Crippen LogP contribution >= 0.6 is 0 Å². The van der Waals surface area contributed by atoms with E-state index >= 15 is 0 Å². The summed E-state index contributed by atoms with van der Waals surface area (Å²) in [7, 11) is -3.69. The first-order valence-corrected chi connectivity index (χ1v) is 12.8. The summed E-state index contributed by atoms with van der Waals surface area (Å²) in [6.07, 6.45) is 0. The van der Waals surface area contributed by atoms with E-state index in [2.05, 4.69) is 5.32 Å². The van der Waals surface area contributed by atoms with Crippen LogP contribution in [0.25, 0.3) is 22.2 Å². The number of ether oxygens (including phenoxy) is 1. The van der Waals surface area contributed by atoms with Gasteiger partial charge in [-0.1, -0.05) is 54.6 Å². The van der Waals surface area contributed by atoms with Gasteiger partial charge >= 0.3 is 0 Å². The number of pyridine rings is 1. The highest BCUT2D eigenvalue weighted by Gasteiger charge is 2.27. The van der Waals surface area contributed by atoms with E-state index in [1.54, 1.807) is 18.2 Å². The third kappa shape index (κ3) is 4.68. The summed E-state index contributed by atoms with van der Waals surface area (Å²) < 4.78 is 33.0. The molecule has 1 amide bonds. The fraction of sp³-hybridized carbons (Fsp3) is 0.185. The monoisotopic (exact) mass is 487 g/mol. The number of para-hydroxylation sites is 1. The molecule has 3 aromatic carbocycles. The number of nitrogens with zero attached hydrogens (tertiary/aromatic N) is 2. The second-order valence-corrected chi connectivity index (χ2v) is 10.3. The third-order valence-electron chi connectivity index (χ3n) is 6.10. The van der Waals surface area contributed by atoms with Crippen molar-refractivity contribution in [1.29, 1.82) is 0 Å². The van der Waals surface area contributed by atoms with Crippen molar-refractivity contribution in [3.8, 4) is 11.3 Å². The van der Waals surface area contributed by atoms with Crippen LogP contribution in [-0.2, 0) is 14.8 Å². The van der Waals surface area contributed by atoms with Gasteiger partial charge in [-0.25, -0.2) is 13.4 Å². The highest BCUT2D eigenvalue weighted by atomic mass is 32.2. The Balaban J connectivity index is 1.51. The highest BCUT2D eigenvalue weighted by Crippen LogP contribution is 2.28. The van der Waals surface area contributed by atoms with Crippen LogP contribution in [0.1, 0.15) is 15.9 Å². The molecule has 0 radical (unpaired) electrons. The largest absolute Gasteiger partial charge is 0.379 e. The van der Waals surface area contributed by atoms with E-state index in [-0.39, 0.29) is 10.8 Å². The quantitative estimate of drug-likeness (QED) is 0.448. The lowest BCUT2D eigenvalue weighted by molar-refractivity contribution is 0.0730. The van der Waals surface area contributed by atoms with Crippen LogP contribution in [0, 0.1) is 6.92 Å². The van der Waals surface area contributed by atoms with Crippen molar-refractivity contribution in [2.24, 2.45) is 0 Å². The Morgan fingerprint density at radius 1 is 0.943 bits per heavy atom. The normalized spacial score (nSPS) is 14.7. The molecule has 1 aromatic heterocycles. The lowest BCUT2D eigenvalue weighted by Crippen LogP contribution is -2.40. The summed E-state index contributed by atoms with van der Waals surface area (Å²) in [6.45, 7) is 3.19. The van der Waals surface area contributed by atoms with E-state index < -0.39 is 10.0 Å². The minimum atomic E-state index is -3.69. The Bertz CT molecular complexity index is 1500. The van der Waals surface area contributed by atoms with E-state index in [0.29, 0.717) is 48.8 Å². The van der Waals surface area contributed by atoms with Gasteiger partial charge in [0.25, 0.3) is 5.91 Å². The van der Waals surface area contributed by atoms with Gasteiger partial charge in [-0.3, -0.25) is 4.79 Å². The molecule has 0 unspecified atom stereocenters. The molecule has 4 aromatic rings. The third-order valence-corrected chi connectivity index (χ3v) is 7.99. The Morgan fingerprint density at radius 3 is 2.43 bits per heavy atom. The topological polar surface area (TPSA) is 88.6 Å². The Morgan fingerprint density at radius 2 is 1.66 bits per heavy atom. The van der Waals surface area contributed by atoms with Gasteiger partial charge in [0.15, 0.2) is 0 Å². The summed E-state index contributed by atoms with van der Waals surface area (Å²) in [4.78, 5) is 18.4. The molecule has 0 aliphatic carbocycles. The number of sulfonamides is 1. The van der Waals surface area contributed by atoms with Crippen LogP contribution in [0.5, 0.6) is 0 Å². The molecule has 1 saturated heterocycles. The number of carbonyl (C=O) groups excluding carboxylic acids is 1. The maximum atomic E-state index is 13.5. The standard InChI is InChI=1S/C27H25N3O4S/c1-19-11-12-21(35(32,33)30-13-15-34-16-14-30)17-25(19)29-27(31)23-18-26(20-7-3-2-4-8-20)28-24-10-6-5-9-22(23)24/h2-12,17-18H,13-16H2,1H3,(H,29,31).